The van der Waals surface area contributed by atoms with Crippen molar-refractivity contribution in [1.29, 1.82) is 0 Å². The average molecular weight is 429 g/mol. The summed E-state index contributed by atoms with van der Waals surface area (Å²) in [6.07, 6.45) is 4.39. The van der Waals surface area contributed by atoms with Crippen LogP contribution in [0.4, 0.5) is 10.1 Å². The topological polar surface area (TPSA) is 63.7 Å². The van der Waals surface area contributed by atoms with E-state index in [1.165, 1.54) is 42.5 Å². The van der Waals surface area contributed by atoms with Crippen molar-refractivity contribution < 1.29 is 23.5 Å². The van der Waals surface area contributed by atoms with Gasteiger partial charge in [0.1, 0.15) is 11.6 Å². The Labute approximate surface area is 184 Å². The second-order valence-corrected chi connectivity index (χ2v) is 7.36. The number of nitrogens with zero attached hydrogens (tertiary/aromatic N) is 1. The summed E-state index contributed by atoms with van der Waals surface area (Å²) in [5.41, 5.74) is 2.43. The van der Waals surface area contributed by atoms with Crippen LogP contribution >= 0.6 is 0 Å². The molecule has 0 aliphatic carbocycles. The van der Waals surface area contributed by atoms with Crippen LogP contribution < -0.4 is 9.64 Å². The van der Waals surface area contributed by atoms with Crippen molar-refractivity contribution in [1.82, 2.24) is 0 Å². The first-order chi connectivity index (χ1) is 15.5. The van der Waals surface area contributed by atoms with Crippen LogP contribution in [0, 0.1) is 5.82 Å². The predicted molar refractivity (Wildman–Crippen MR) is 119 cm³/mol. The number of amides is 1. The van der Waals surface area contributed by atoms with Crippen LogP contribution in [0.5, 0.6) is 5.75 Å². The lowest BCUT2D eigenvalue weighted by Gasteiger charge is -2.15. The van der Waals surface area contributed by atoms with Crippen LogP contribution in [0.3, 0.4) is 0 Å². The van der Waals surface area contributed by atoms with E-state index in [-0.39, 0.29) is 11.7 Å². The van der Waals surface area contributed by atoms with E-state index in [1.54, 1.807) is 23.1 Å². The first kappa shape index (κ1) is 21.2. The third kappa shape index (κ3) is 4.98. The Kier molecular flexibility index (Phi) is 6.22. The van der Waals surface area contributed by atoms with E-state index in [0.29, 0.717) is 23.3 Å². The molecule has 6 heteroatoms. The van der Waals surface area contributed by atoms with Crippen molar-refractivity contribution in [3.63, 3.8) is 0 Å². The second-order valence-electron chi connectivity index (χ2n) is 7.36. The van der Waals surface area contributed by atoms with Gasteiger partial charge < -0.3 is 9.64 Å². The zero-order valence-electron chi connectivity index (χ0n) is 17.2. The molecule has 1 aliphatic heterocycles. The van der Waals surface area contributed by atoms with Gasteiger partial charge in [0, 0.05) is 35.9 Å². The van der Waals surface area contributed by atoms with Gasteiger partial charge in [-0.2, -0.15) is 0 Å². The molecule has 1 aliphatic rings. The largest absolute Gasteiger partial charge is 0.423 e. The van der Waals surface area contributed by atoms with E-state index >= 15 is 0 Å². The van der Waals surface area contributed by atoms with Crippen molar-refractivity contribution in [2.75, 3.05) is 11.4 Å². The monoisotopic (exact) mass is 429 g/mol. The Morgan fingerprint density at radius 1 is 0.875 bits per heavy atom. The van der Waals surface area contributed by atoms with Gasteiger partial charge in [-0.25, -0.2) is 9.18 Å². The fourth-order valence-corrected chi connectivity index (χ4v) is 3.44. The normalized spacial score (nSPS) is 13.5. The summed E-state index contributed by atoms with van der Waals surface area (Å²) < 4.78 is 18.3. The second kappa shape index (κ2) is 9.39. The number of carbonyl (C=O) groups is 3. The number of esters is 1. The van der Waals surface area contributed by atoms with Crippen LogP contribution in [-0.4, -0.2) is 24.2 Å². The fourth-order valence-electron chi connectivity index (χ4n) is 3.44. The molecule has 0 radical (unpaired) electrons. The van der Waals surface area contributed by atoms with Gasteiger partial charge in [0.15, 0.2) is 5.78 Å². The van der Waals surface area contributed by atoms with E-state index in [1.807, 2.05) is 24.3 Å². The molecule has 0 unspecified atom stereocenters. The molecule has 1 heterocycles. The highest BCUT2D eigenvalue weighted by Gasteiger charge is 2.21. The van der Waals surface area contributed by atoms with Crippen molar-refractivity contribution >= 4 is 29.4 Å². The minimum atomic E-state index is -0.554. The standard InChI is InChI=1S/C26H20FNO4/c27-21-10-6-19(7-11-21)26(31)20-8-14-23(15-9-20)32-25(30)16-5-18-3-12-22(13-4-18)28-17-1-2-24(28)29/h3-16H,1-2,17H2/b16-5+. The van der Waals surface area contributed by atoms with Gasteiger partial charge in [0.2, 0.25) is 5.91 Å². The molecule has 0 spiro atoms. The Hall–Kier alpha value is -4.06. The molecule has 5 nitrogen and oxygen atoms in total. The van der Waals surface area contributed by atoms with Gasteiger partial charge in [0.05, 0.1) is 0 Å². The molecular weight excluding hydrogens is 409 g/mol. The highest BCUT2D eigenvalue weighted by atomic mass is 19.1. The lowest BCUT2D eigenvalue weighted by molar-refractivity contribution is -0.128. The molecule has 3 aromatic rings. The molecule has 3 aromatic carbocycles. The number of benzene rings is 3. The first-order valence-electron chi connectivity index (χ1n) is 10.2. The third-order valence-electron chi connectivity index (χ3n) is 5.13. The minimum Gasteiger partial charge on any atom is -0.423 e. The van der Waals surface area contributed by atoms with Crippen molar-refractivity contribution in [2.24, 2.45) is 0 Å². The summed E-state index contributed by atoms with van der Waals surface area (Å²) >= 11 is 0. The molecule has 0 bridgehead atoms. The molecule has 160 valence electrons. The maximum atomic E-state index is 13.0. The smallest absolute Gasteiger partial charge is 0.336 e. The van der Waals surface area contributed by atoms with Crippen molar-refractivity contribution in [3.8, 4) is 5.75 Å². The Balaban J connectivity index is 1.34. The number of hydrogen-bond acceptors (Lipinski definition) is 4. The third-order valence-corrected chi connectivity index (χ3v) is 5.13. The number of ketones is 1. The summed E-state index contributed by atoms with van der Waals surface area (Å²) in [4.78, 5) is 38.1. The molecule has 4 rings (SSSR count). The van der Waals surface area contributed by atoms with E-state index in [9.17, 15) is 18.8 Å². The van der Waals surface area contributed by atoms with Gasteiger partial charge in [0.25, 0.3) is 0 Å². The lowest BCUT2D eigenvalue weighted by Crippen LogP contribution is -2.23. The summed E-state index contributed by atoms with van der Waals surface area (Å²) in [5, 5.41) is 0. The minimum absolute atomic E-state index is 0.127. The van der Waals surface area contributed by atoms with Crippen LogP contribution in [0.2, 0.25) is 0 Å². The zero-order chi connectivity index (χ0) is 22.5. The molecule has 0 aromatic heterocycles. The first-order valence-corrected chi connectivity index (χ1v) is 10.2. The van der Waals surface area contributed by atoms with Gasteiger partial charge in [-0.1, -0.05) is 12.1 Å². The summed E-state index contributed by atoms with van der Waals surface area (Å²) in [7, 11) is 0. The van der Waals surface area contributed by atoms with Crippen LogP contribution in [-0.2, 0) is 9.59 Å². The zero-order valence-corrected chi connectivity index (χ0v) is 17.2. The van der Waals surface area contributed by atoms with Gasteiger partial charge in [-0.05, 0) is 78.7 Å². The number of anilines is 1. The summed E-state index contributed by atoms with van der Waals surface area (Å²) in [6, 6.07) is 18.8. The maximum Gasteiger partial charge on any atom is 0.336 e. The number of rotatable bonds is 6. The maximum absolute atomic E-state index is 13.0. The van der Waals surface area contributed by atoms with E-state index in [0.717, 1.165) is 24.2 Å². The van der Waals surface area contributed by atoms with Crippen LogP contribution in [0.25, 0.3) is 6.08 Å². The summed E-state index contributed by atoms with van der Waals surface area (Å²) in [6.45, 7) is 0.731. The lowest BCUT2D eigenvalue weighted by atomic mass is 10.0. The van der Waals surface area contributed by atoms with Gasteiger partial charge in [-0.3, -0.25) is 9.59 Å². The Morgan fingerprint density at radius 2 is 1.50 bits per heavy atom. The van der Waals surface area contributed by atoms with Crippen molar-refractivity contribution in [3.05, 3.63) is 101 Å². The molecule has 0 N–H and O–H groups in total. The molecule has 0 saturated carbocycles. The Morgan fingerprint density at radius 3 is 2.09 bits per heavy atom. The van der Waals surface area contributed by atoms with E-state index in [4.69, 9.17) is 4.74 Å². The summed E-state index contributed by atoms with van der Waals surface area (Å²) in [5.74, 6) is -0.779. The molecule has 1 fully saturated rings. The van der Waals surface area contributed by atoms with Gasteiger partial charge in [-0.15, -0.1) is 0 Å². The van der Waals surface area contributed by atoms with Gasteiger partial charge >= 0.3 is 5.97 Å². The molecule has 32 heavy (non-hydrogen) atoms. The Bertz CT molecular complexity index is 1170. The average Bonchev–Trinajstić information content (AvgIpc) is 3.24. The fraction of sp³-hybridized carbons (Fsp3) is 0.115. The van der Waals surface area contributed by atoms with Crippen LogP contribution in [0.1, 0.15) is 34.3 Å². The highest BCUT2D eigenvalue weighted by molar-refractivity contribution is 6.09. The van der Waals surface area contributed by atoms with E-state index < -0.39 is 11.8 Å². The van der Waals surface area contributed by atoms with Crippen molar-refractivity contribution in [2.45, 2.75) is 12.8 Å². The molecule has 1 saturated heterocycles. The number of ether oxygens (including phenoxy) is 1. The molecule has 1 amide bonds. The number of carbonyl (C=O) groups excluding carboxylic acids is 3. The number of halogens is 1. The SMILES string of the molecule is O=C(/C=C/c1ccc(N2CCCC2=O)cc1)Oc1ccc(C(=O)c2ccc(F)cc2)cc1. The van der Waals surface area contributed by atoms with E-state index in [2.05, 4.69) is 0 Å². The number of hydrogen-bond donors (Lipinski definition) is 0. The van der Waals surface area contributed by atoms with Crippen LogP contribution in [0.15, 0.2) is 78.9 Å². The quantitative estimate of drug-likeness (QED) is 0.244. The molecule has 0 atom stereocenters. The highest BCUT2D eigenvalue weighted by Crippen LogP contribution is 2.22. The predicted octanol–water partition coefficient (Wildman–Crippen LogP) is 4.80. The molecular formula is C26H20FNO4.